The zero-order valence-corrected chi connectivity index (χ0v) is 16.6. The number of rotatable bonds is 6. The van der Waals surface area contributed by atoms with E-state index in [2.05, 4.69) is 20.0 Å². The van der Waals surface area contributed by atoms with E-state index >= 15 is 0 Å². The summed E-state index contributed by atoms with van der Waals surface area (Å²) < 4.78 is 65.3. The summed E-state index contributed by atoms with van der Waals surface area (Å²) in [7, 11) is -4.26. The Labute approximate surface area is 174 Å². The van der Waals surface area contributed by atoms with E-state index in [0.29, 0.717) is 22.8 Å². The molecule has 12 heteroatoms. The lowest BCUT2D eigenvalue weighted by Crippen LogP contribution is -2.28. The molecule has 0 fully saturated rings. The Hall–Kier alpha value is -2.76. The molecule has 2 aromatic carbocycles. The monoisotopic (exact) mass is 458 g/mol. The SMILES string of the molecule is O=C(CCNS(=O)(=O)c1ccc(Cl)c(C(F)(F)F)c1)Nc1ccc2nccnc2c1. The van der Waals surface area contributed by atoms with E-state index in [1.807, 2.05) is 0 Å². The molecule has 0 radical (unpaired) electrons. The Kier molecular flexibility index (Phi) is 6.25. The van der Waals surface area contributed by atoms with Crippen LogP contribution in [-0.4, -0.2) is 30.8 Å². The standard InChI is InChI=1S/C18H14ClF3N4O3S/c19-14-3-2-12(10-13(14)18(20,21)22)30(28,29)25-6-5-17(27)26-11-1-4-15-16(9-11)24-8-7-23-15/h1-4,7-10,25H,5-6H2,(H,26,27). The fourth-order valence-corrected chi connectivity index (χ4v) is 3.82. The van der Waals surface area contributed by atoms with Gasteiger partial charge in [-0.2, -0.15) is 13.2 Å². The van der Waals surface area contributed by atoms with Gasteiger partial charge in [0.05, 0.1) is 26.5 Å². The topological polar surface area (TPSA) is 101 Å². The number of sulfonamides is 1. The third-order valence-electron chi connectivity index (χ3n) is 3.95. The van der Waals surface area contributed by atoms with Gasteiger partial charge in [-0.1, -0.05) is 11.6 Å². The molecule has 0 unspecified atom stereocenters. The molecule has 30 heavy (non-hydrogen) atoms. The van der Waals surface area contributed by atoms with Gasteiger partial charge >= 0.3 is 6.18 Å². The summed E-state index contributed by atoms with van der Waals surface area (Å²) in [4.78, 5) is 19.7. The second kappa shape index (κ2) is 8.54. The van der Waals surface area contributed by atoms with Crippen LogP contribution < -0.4 is 10.0 Å². The number of nitrogens with zero attached hydrogens (tertiary/aromatic N) is 2. The van der Waals surface area contributed by atoms with Gasteiger partial charge in [0.1, 0.15) is 0 Å². The van der Waals surface area contributed by atoms with Gasteiger partial charge in [0.2, 0.25) is 15.9 Å². The third kappa shape index (κ3) is 5.23. The molecular formula is C18H14ClF3N4O3S. The Bertz CT molecular complexity index is 1200. The van der Waals surface area contributed by atoms with Crippen molar-refractivity contribution >= 4 is 44.3 Å². The summed E-state index contributed by atoms with van der Waals surface area (Å²) in [5, 5.41) is 1.98. The van der Waals surface area contributed by atoms with Crippen LogP contribution in [0.25, 0.3) is 11.0 Å². The molecule has 0 aliphatic carbocycles. The smallest absolute Gasteiger partial charge is 0.326 e. The van der Waals surface area contributed by atoms with Crippen LogP contribution in [-0.2, 0) is 21.0 Å². The molecule has 0 saturated heterocycles. The van der Waals surface area contributed by atoms with Gasteiger partial charge in [-0.3, -0.25) is 14.8 Å². The van der Waals surface area contributed by atoms with Crippen molar-refractivity contribution in [3.05, 3.63) is 59.4 Å². The predicted octanol–water partition coefficient (Wildman–Crippen LogP) is 3.61. The Morgan fingerprint density at radius 3 is 2.43 bits per heavy atom. The molecule has 158 valence electrons. The van der Waals surface area contributed by atoms with Gasteiger partial charge in [0, 0.05) is 31.0 Å². The van der Waals surface area contributed by atoms with Crippen molar-refractivity contribution in [1.82, 2.24) is 14.7 Å². The zero-order valence-electron chi connectivity index (χ0n) is 15.1. The van der Waals surface area contributed by atoms with Crippen LogP contribution in [0.3, 0.4) is 0 Å². The lowest BCUT2D eigenvalue weighted by Gasteiger charge is -2.12. The van der Waals surface area contributed by atoms with E-state index < -0.39 is 37.6 Å². The summed E-state index contributed by atoms with van der Waals surface area (Å²) in [6, 6.07) is 7.15. The van der Waals surface area contributed by atoms with Crippen molar-refractivity contribution in [3.8, 4) is 0 Å². The van der Waals surface area contributed by atoms with Gasteiger partial charge in [0.15, 0.2) is 0 Å². The molecule has 1 heterocycles. The number of hydrogen-bond acceptors (Lipinski definition) is 5. The van der Waals surface area contributed by atoms with Crippen LogP contribution in [0.1, 0.15) is 12.0 Å². The summed E-state index contributed by atoms with van der Waals surface area (Å²) in [5.74, 6) is -0.493. The molecule has 0 atom stereocenters. The lowest BCUT2D eigenvalue weighted by atomic mass is 10.2. The number of carbonyl (C=O) groups is 1. The minimum atomic E-state index is -4.80. The second-order valence-electron chi connectivity index (χ2n) is 6.10. The van der Waals surface area contributed by atoms with E-state index in [-0.39, 0.29) is 13.0 Å². The summed E-state index contributed by atoms with van der Waals surface area (Å²) in [6.45, 7) is -0.314. The first-order valence-electron chi connectivity index (χ1n) is 8.43. The normalized spacial score (nSPS) is 12.1. The zero-order chi connectivity index (χ0) is 21.9. The highest BCUT2D eigenvalue weighted by molar-refractivity contribution is 7.89. The summed E-state index contributed by atoms with van der Waals surface area (Å²) in [5.41, 5.74) is 0.399. The van der Waals surface area contributed by atoms with Crippen molar-refractivity contribution in [2.75, 3.05) is 11.9 Å². The van der Waals surface area contributed by atoms with Crippen molar-refractivity contribution in [3.63, 3.8) is 0 Å². The van der Waals surface area contributed by atoms with Crippen LogP contribution in [0.5, 0.6) is 0 Å². The first kappa shape index (κ1) is 21.9. The first-order chi connectivity index (χ1) is 14.1. The molecule has 1 aromatic heterocycles. The molecule has 0 bridgehead atoms. The number of nitrogens with one attached hydrogen (secondary N) is 2. The average Bonchev–Trinajstić information content (AvgIpc) is 2.67. The molecule has 7 nitrogen and oxygen atoms in total. The number of fused-ring (bicyclic) bond motifs is 1. The highest BCUT2D eigenvalue weighted by Crippen LogP contribution is 2.35. The van der Waals surface area contributed by atoms with E-state index in [0.717, 1.165) is 12.1 Å². The van der Waals surface area contributed by atoms with Gasteiger partial charge in [0.25, 0.3) is 0 Å². The molecule has 3 aromatic rings. The molecule has 2 N–H and O–H groups in total. The Balaban J connectivity index is 1.61. The van der Waals surface area contributed by atoms with Gasteiger partial charge in [-0.25, -0.2) is 13.1 Å². The van der Waals surface area contributed by atoms with Crippen LogP contribution >= 0.6 is 11.6 Å². The maximum atomic E-state index is 12.9. The molecular weight excluding hydrogens is 445 g/mol. The summed E-state index contributed by atoms with van der Waals surface area (Å²) >= 11 is 5.49. The molecule has 0 spiro atoms. The minimum Gasteiger partial charge on any atom is -0.326 e. The van der Waals surface area contributed by atoms with Crippen LogP contribution in [0.15, 0.2) is 53.7 Å². The number of anilines is 1. The van der Waals surface area contributed by atoms with Crippen molar-refractivity contribution in [2.24, 2.45) is 0 Å². The van der Waals surface area contributed by atoms with Crippen molar-refractivity contribution in [1.29, 1.82) is 0 Å². The Morgan fingerprint density at radius 1 is 1.03 bits per heavy atom. The third-order valence-corrected chi connectivity index (χ3v) is 5.74. The van der Waals surface area contributed by atoms with E-state index in [4.69, 9.17) is 11.6 Å². The van der Waals surface area contributed by atoms with Crippen LogP contribution in [0.2, 0.25) is 5.02 Å². The second-order valence-corrected chi connectivity index (χ2v) is 8.27. The number of hydrogen-bond donors (Lipinski definition) is 2. The van der Waals surface area contributed by atoms with E-state index in [1.165, 1.54) is 12.4 Å². The fourth-order valence-electron chi connectivity index (χ4n) is 2.54. The predicted molar refractivity (Wildman–Crippen MR) is 104 cm³/mol. The maximum Gasteiger partial charge on any atom is 0.417 e. The maximum absolute atomic E-state index is 12.9. The number of alkyl halides is 3. The first-order valence-corrected chi connectivity index (χ1v) is 10.3. The van der Waals surface area contributed by atoms with Crippen molar-refractivity contribution < 1.29 is 26.4 Å². The van der Waals surface area contributed by atoms with Crippen LogP contribution in [0.4, 0.5) is 18.9 Å². The van der Waals surface area contributed by atoms with E-state index in [1.54, 1.807) is 18.2 Å². The molecule has 1 amide bonds. The van der Waals surface area contributed by atoms with Crippen LogP contribution in [0, 0.1) is 0 Å². The number of benzene rings is 2. The minimum absolute atomic E-state index is 0.239. The lowest BCUT2D eigenvalue weighted by molar-refractivity contribution is -0.137. The quantitative estimate of drug-likeness (QED) is 0.587. The molecule has 0 saturated carbocycles. The average molecular weight is 459 g/mol. The molecule has 0 aliphatic rings. The van der Waals surface area contributed by atoms with Gasteiger partial charge in [-0.05, 0) is 36.4 Å². The number of aromatic nitrogens is 2. The van der Waals surface area contributed by atoms with E-state index in [9.17, 15) is 26.4 Å². The molecule has 0 aliphatic heterocycles. The number of amides is 1. The number of halogens is 4. The highest BCUT2D eigenvalue weighted by atomic mass is 35.5. The van der Waals surface area contributed by atoms with Crippen molar-refractivity contribution in [2.45, 2.75) is 17.5 Å². The van der Waals surface area contributed by atoms with Gasteiger partial charge < -0.3 is 5.32 Å². The fraction of sp³-hybridized carbons (Fsp3) is 0.167. The summed E-state index contributed by atoms with van der Waals surface area (Å²) in [6.07, 6.45) is -2.00. The highest BCUT2D eigenvalue weighted by Gasteiger charge is 2.34. The number of carbonyl (C=O) groups excluding carboxylic acids is 1. The largest absolute Gasteiger partial charge is 0.417 e. The Morgan fingerprint density at radius 2 is 1.73 bits per heavy atom. The van der Waals surface area contributed by atoms with Gasteiger partial charge in [-0.15, -0.1) is 0 Å². The molecule has 3 rings (SSSR count).